The molecule has 1 heterocycles. The number of hydrogen-bond donors (Lipinski definition) is 0. The Morgan fingerprint density at radius 2 is 2.04 bits per heavy atom. The standard InChI is InChI=1S/C17H24N4OS/c1-7-21(14(5)23-20-18-6)16-10-15(9-8-11(16)2)17-12(3)19-22-13(17)4/h8-10,14H,7H2,1-6H3/b20-18-. The Bertz CT molecular complexity index is 676. The van der Waals surface area contributed by atoms with Crippen LogP contribution in [0.25, 0.3) is 11.1 Å². The summed E-state index contributed by atoms with van der Waals surface area (Å²) in [4.78, 5) is 2.33. The molecule has 0 amide bonds. The van der Waals surface area contributed by atoms with Gasteiger partial charge in [0.1, 0.15) is 5.76 Å². The van der Waals surface area contributed by atoms with Crippen LogP contribution < -0.4 is 4.90 Å². The van der Waals surface area contributed by atoms with Gasteiger partial charge in [0.2, 0.25) is 0 Å². The molecule has 1 aromatic heterocycles. The summed E-state index contributed by atoms with van der Waals surface area (Å²) in [5.74, 6) is 0.850. The van der Waals surface area contributed by atoms with Gasteiger partial charge in [-0.1, -0.05) is 17.3 Å². The van der Waals surface area contributed by atoms with Crippen LogP contribution in [0.2, 0.25) is 0 Å². The van der Waals surface area contributed by atoms with E-state index in [2.05, 4.69) is 58.7 Å². The molecule has 0 aliphatic rings. The SMILES string of the molecule is CCN(c1cc(-c2c(C)noc2C)ccc1C)C(C)S/N=N\C. The number of rotatable bonds is 6. The quantitative estimate of drug-likeness (QED) is 0.416. The maximum absolute atomic E-state index is 5.31. The van der Waals surface area contributed by atoms with Crippen LogP contribution >= 0.6 is 11.9 Å². The zero-order valence-corrected chi connectivity index (χ0v) is 15.4. The minimum absolute atomic E-state index is 0.210. The smallest absolute Gasteiger partial charge is 0.141 e. The lowest BCUT2D eigenvalue weighted by atomic mass is 10.0. The maximum atomic E-state index is 5.31. The minimum atomic E-state index is 0.210. The van der Waals surface area contributed by atoms with E-state index in [1.54, 1.807) is 7.05 Å². The molecule has 1 unspecified atom stereocenters. The number of aryl methyl sites for hydroxylation is 3. The van der Waals surface area contributed by atoms with Gasteiger partial charge < -0.3 is 9.42 Å². The van der Waals surface area contributed by atoms with E-state index in [1.807, 2.05) is 13.8 Å². The van der Waals surface area contributed by atoms with Crippen molar-refractivity contribution >= 4 is 17.6 Å². The van der Waals surface area contributed by atoms with E-state index in [0.29, 0.717) is 0 Å². The lowest BCUT2D eigenvalue weighted by molar-refractivity contribution is 0.393. The molecule has 0 aliphatic heterocycles. The first-order valence-electron chi connectivity index (χ1n) is 7.75. The van der Waals surface area contributed by atoms with Crippen molar-refractivity contribution in [2.75, 3.05) is 18.5 Å². The second kappa shape index (κ2) is 7.64. The Hall–Kier alpha value is -1.82. The zero-order valence-electron chi connectivity index (χ0n) is 14.6. The molecule has 6 heteroatoms. The third-order valence-corrected chi connectivity index (χ3v) is 4.72. The summed E-state index contributed by atoms with van der Waals surface area (Å²) in [7, 11) is 1.69. The van der Waals surface area contributed by atoms with E-state index >= 15 is 0 Å². The van der Waals surface area contributed by atoms with Gasteiger partial charge in [0, 0.05) is 36.8 Å². The van der Waals surface area contributed by atoms with Crippen LogP contribution in [0.5, 0.6) is 0 Å². The van der Waals surface area contributed by atoms with Crippen LogP contribution in [0.4, 0.5) is 5.69 Å². The molecule has 0 fully saturated rings. The Morgan fingerprint density at radius 3 is 2.61 bits per heavy atom. The fourth-order valence-electron chi connectivity index (χ4n) is 2.77. The second-order valence-electron chi connectivity index (χ2n) is 5.47. The molecule has 5 nitrogen and oxygen atoms in total. The van der Waals surface area contributed by atoms with Gasteiger partial charge in [0.05, 0.1) is 11.1 Å². The monoisotopic (exact) mass is 332 g/mol. The summed E-state index contributed by atoms with van der Waals surface area (Å²) >= 11 is 1.48. The van der Waals surface area contributed by atoms with Gasteiger partial charge in [-0.05, 0) is 51.8 Å². The highest BCUT2D eigenvalue weighted by Crippen LogP contribution is 2.34. The highest BCUT2D eigenvalue weighted by atomic mass is 32.2. The molecule has 1 atom stereocenters. The van der Waals surface area contributed by atoms with Gasteiger partial charge in [-0.3, -0.25) is 0 Å². The van der Waals surface area contributed by atoms with Crippen LogP contribution in [-0.4, -0.2) is 24.1 Å². The van der Waals surface area contributed by atoms with E-state index in [1.165, 1.54) is 23.2 Å². The Kier molecular flexibility index (Phi) is 5.82. The molecule has 0 saturated carbocycles. The molecule has 2 aromatic rings. The van der Waals surface area contributed by atoms with Gasteiger partial charge in [-0.2, -0.15) is 5.11 Å². The number of nitrogens with zero attached hydrogens (tertiary/aromatic N) is 4. The topological polar surface area (TPSA) is 54.0 Å². The predicted octanol–water partition coefficient (Wildman–Crippen LogP) is 5.17. The van der Waals surface area contributed by atoms with Gasteiger partial charge >= 0.3 is 0 Å². The van der Waals surface area contributed by atoms with Crippen LogP contribution in [0, 0.1) is 20.8 Å². The van der Waals surface area contributed by atoms with Crippen molar-refractivity contribution in [3.8, 4) is 11.1 Å². The molecular formula is C17H24N4OS. The highest BCUT2D eigenvalue weighted by Gasteiger charge is 2.18. The summed E-state index contributed by atoms with van der Waals surface area (Å²) in [6.45, 7) is 11.3. The lowest BCUT2D eigenvalue weighted by Gasteiger charge is -2.30. The number of hydrogen-bond acceptors (Lipinski definition) is 6. The van der Waals surface area contributed by atoms with Crippen molar-refractivity contribution in [3.63, 3.8) is 0 Å². The van der Waals surface area contributed by atoms with Crippen molar-refractivity contribution in [2.24, 2.45) is 9.63 Å². The molecule has 0 radical (unpaired) electrons. The van der Waals surface area contributed by atoms with Crippen LogP contribution in [0.1, 0.15) is 30.9 Å². The first kappa shape index (κ1) is 17.5. The molecule has 2 rings (SSSR count). The molecule has 0 N–H and O–H groups in total. The maximum Gasteiger partial charge on any atom is 0.141 e. The minimum Gasteiger partial charge on any atom is -0.361 e. The summed E-state index contributed by atoms with van der Waals surface area (Å²) in [6, 6.07) is 6.49. The average molecular weight is 332 g/mol. The van der Waals surface area contributed by atoms with Crippen LogP contribution in [-0.2, 0) is 0 Å². The zero-order chi connectivity index (χ0) is 17.0. The third kappa shape index (κ3) is 3.75. The molecule has 0 saturated heterocycles. The lowest BCUT2D eigenvalue weighted by Crippen LogP contribution is -2.30. The first-order valence-corrected chi connectivity index (χ1v) is 8.58. The molecule has 1 aromatic carbocycles. The fourth-order valence-corrected chi connectivity index (χ4v) is 3.37. The summed E-state index contributed by atoms with van der Waals surface area (Å²) in [5.41, 5.74) is 5.58. The van der Waals surface area contributed by atoms with Gasteiger partial charge in [0.25, 0.3) is 0 Å². The van der Waals surface area contributed by atoms with Crippen molar-refractivity contribution in [3.05, 3.63) is 35.2 Å². The average Bonchev–Trinajstić information content (AvgIpc) is 2.87. The van der Waals surface area contributed by atoms with E-state index in [9.17, 15) is 0 Å². The van der Waals surface area contributed by atoms with Crippen molar-refractivity contribution < 1.29 is 4.52 Å². The summed E-state index contributed by atoms with van der Waals surface area (Å²) < 4.78 is 9.38. The largest absolute Gasteiger partial charge is 0.361 e. The second-order valence-corrected chi connectivity index (χ2v) is 6.53. The highest BCUT2D eigenvalue weighted by molar-refractivity contribution is 7.98. The summed E-state index contributed by atoms with van der Waals surface area (Å²) in [6.07, 6.45) is 0. The third-order valence-electron chi connectivity index (χ3n) is 3.90. The normalized spacial score (nSPS) is 12.8. The molecule has 0 bridgehead atoms. The molecule has 23 heavy (non-hydrogen) atoms. The van der Waals surface area contributed by atoms with Gasteiger partial charge in [0.15, 0.2) is 0 Å². The molecule has 0 aliphatic carbocycles. The Labute approximate surface area is 142 Å². The van der Waals surface area contributed by atoms with Crippen molar-refractivity contribution in [1.29, 1.82) is 0 Å². The van der Waals surface area contributed by atoms with E-state index in [-0.39, 0.29) is 5.37 Å². The first-order chi connectivity index (χ1) is 11.0. The Balaban J connectivity index is 2.44. The summed E-state index contributed by atoms with van der Waals surface area (Å²) in [5, 5.41) is 8.11. The van der Waals surface area contributed by atoms with E-state index < -0.39 is 0 Å². The van der Waals surface area contributed by atoms with E-state index in [4.69, 9.17) is 4.52 Å². The predicted molar refractivity (Wildman–Crippen MR) is 97.0 cm³/mol. The number of aromatic nitrogens is 1. The van der Waals surface area contributed by atoms with Crippen LogP contribution in [0.3, 0.4) is 0 Å². The Morgan fingerprint density at radius 1 is 1.30 bits per heavy atom. The molecular weight excluding hydrogens is 308 g/mol. The number of anilines is 1. The van der Waals surface area contributed by atoms with Crippen molar-refractivity contribution in [1.82, 2.24) is 5.16 Å². The van der Waals surface area contributed by atoms with Gasteiger partial charge in [-0.15, -0.1) is 4.52 Å². The van der Waals surface area contributed by atoms with Gasteiger partial charge in [-0.25, -0.2) is 0 Å². The number of benzene rings is 1. The van der Waals surface area contributed by atoms with Crippen LogP contribution in [0.15, 0.2) is 32.4 Å². The molecule has 0 spiro atoms. The fraction of sp³-hybridized carbons (Fsp3) is 0.471. The van der Waals surface area contributed by atoms with E-state index in [0.717, 1.165) is 29.1 Å². The van der Waals surface area contributed by atoms with Crippen molar-refractivity contribution in [2.45, 2.75) is 40.0 Å². The molecule has 124 valence electrons.